The van der Waals surface area contributed by atoms with Gasteiger partial charge >= 0.3 is 0 Å². The molecular formula is C46H72N2. The predicted octanol–water partition coefficient (Wildman–Crippen LogP) is 14.9. The van der Waals surface area contributed by atoms with Crippen LogP contribution in [0.5, 0.6) is 0 Å². The van der Waals surface area contributed by atoms with Crippen LogP contribution < -0.4 is 0 Å². The Morgan fingerprint density at radius 3 is 1.21 bits per heavy atom. The molecule has 2 nitrogen and oxygen atoms in total. The minimum Gasteiger partial charge on any atom is -0.493 e. The van der Waals surface area contributed by atoms with Crippen molar-refractivity contribution in [3.05, 3.63) is 87.0 Å². The van der Waals surface area contributed by atoms with E-state index in [2.05, 4.69) is 77.1 Å². The number of aryl methyl sites for hydroxylation is 4. The van der Waals surface area contributed by atoms with Crippen molar-refractivity contribution in [3.8, 4) is 0 Å². The molecule has 0 N–H and O–H groups in total. The van der Waals surface area contributed by atoms with E-state index in [1.165, 1.54) is 167 Å². The van der Waals surface area contributed by atoms with Crippen LogP contribution in [0.1, 0.15) is 203 Å². The van der Waals surface area contributed by atoms with Gasteiger partial charge in [0.25, 0.3) is 0 Å². The third-order valence-corrected chi connectivity index (χ3v) is 10.3. The SMILES string of the molecule is CCCCCCCCc1cc(CCCCCCCC)cc(C2=CC(CCCCCC)=C(c3cc(CCCC)cc(CCCC)c3)[N+]2=[N-])c1. The molecule has 3 rings (SSSR count). The highest BCUT2D eigenvalue weighted by atomic mass is 15.2. The molecule has 266 valence electrons. The van der Waals surface area contributed by atoms with Gasteiger partial charge in [-0.25, -0.2) is 4.70 Å². The molecule has 0 aromatic heterocycles. The van der Waals surface area contributed by atoms with Crippen LogP contribution in [0.15, 0.2) is 48.0 Å². The lowest BCUT2D eigenvalue weighted by Crippen LogP contribution is -2.05. The average molecular weight is 653 g/mol. The lowest BCUT2D eigenvalue weighted by Gasteiger charge is -2.15. The highest BCUT2D eigenvalue weighted by Gasteiger charge is 2.29. The van der Waals surface area contributed by atoms with Crippen LogP contribution in [0.3, 0.4) is 0 Å². The first kappa shape index (κ1) is 40.0. The smallest absolute Gasteiger partial charge is 0.210 e. The maximum atomic E-state index is 12.1. The highest BCUT2D eigenvalue weighted by Crippen LogP contribution is 2.39. The van der Waals surface area contributed by atoms with E-state index in [0.29, 0.717) is 0 Å². The van der Waals surface area contributed by atoms with Crippen molar-refractivity contribution in [2.45, 2.75) is 195 Å². The average Bonchev–Trinajstić information content (AvgIpc) is 3.43. The molecule has 0 amide bonds. The predicted molar refractivity (Wildman–Crippen MR) is 212 cm³/mol. The number of benzene rings is 2. The molecule has 2 aromatic carbocycles. The van der Waals surface area contributed by atoms with Crippen LogP contribution in [-0.2, 0) is 25.7 Å². The summed E-state index contributed by atoms with van der Waals surface area (Å²) in [5, 5.41) is 0. The van der Waals surface area contributed by atoms with E-state index < -0.39 is 0 Å². The second-order valence-electron chi connectivity index (χ2n) is 14.8. The largest absolute Gasteiger partial charge is 0.493 e. The van der Waals surface area contributed by atoms with E-state index >= 15 is 0 Å². The molecule has 48 heavy (non-hydrogen) atoms. The zero-order chi connectivity index (χ0) is 34.4. The molecule has 0 bridgehead atoms. The second-order valence-corrected chi connectivity index (χ2v) is 14.8. The van der Waals surface area contributed by atoms with Crippen molar-refractivity contribution in [1.29, 1.82) is 0 Å². The summed E-state index contributed by atoms with van der Waals surface area (Å²) >= 11 is 0. The monoisotopic (exact) mass is 653 g/mol. The van der Waals surface area contributed by atoms with Crippen LogP contribution in [0.25, 0.3) is 16.9 Å². The zero-order valence-electron chi connectivity index (χ0n) is 32.1. The van der Waals surface area contributed by atoms with Gasteiger partial charge in [0.05, 0.1) is 0 Å². The minimum absolute atomic E-state index is 0.971. The zero-order valence-corrected chi connectivity index (χ0v) is 32.1. The Balaban J connectivity index is 1.94. The summed E-state index contributed by atoms with van der Waals surface area (Å²) < 4.78 is 1.58. The fraction of sp³-hybridized carbons (Fsp3) is 0.652. The van der Waals surface area contributed by atoms with Crippen LogP contribution in [0.4, 0.5) is 0 Å². The van der Waals surface area contributed by atoms with Crippen LogP contribution >= 0.6 is 0 Å². The van der Waals surface area contributed by atoms with Crippen molar-refractivity contribution in [2.24, 2.45) is 0 Å². The van der Waals surface area contributed by atoms with E-state index in [1.54, 1.807) is 4.70 Å². The molecule has 2 heteroatoms. The van der Waals surface area contributed by atoms with Crippen LogP contribution in [-0.4, -0.2) is 4.70 Å². The normalized spacial score (nSPS) is 13.2. The fourth-order valence-electron chi connectivity index (χ4n) is 7.36. The molecule has 0 unspecified atom stereocenters. The topological polar surface area (TPSA) is 25.3 Å². The van der Waals surface area contributed by atoms with E-state index in [4.69, 9.17) is 0 Å². The van der Waals surface area contributed by atoms with Gasteiger partial charge in [0, 0.05) is 22.8 Å². The number of hydrogen-bond acceptors (Lipinski definition) is 0. The number of allylic oxidation sites excluding steroid dienone is 2. The van der Waals surface area contributed by atoms with Crippen molar-refractivity contribution < 1.29 is 4.70 Å². The first-order valence-electron chi connectivity index (χ1n) is 20.7. The summed E-state index contributed by atoms with van der Waals surface area (Å²) in [7, 11) is 0. The maximum Gasteiger partial charge on any atom is 0.210 e. The molecule has 1 aliphatic heterocycles. The Kier molecular flexibility index (Phi) is 19.8. The molecular weight excluding hydrogens is 581 g/mol. The summed E-state index contributed by atoms with van der Waals surface area (Å²) in [4.78, 5) is 0. The Labute approximate surface area is 297 Å². The maximum absolute atomic E-state index is 12.1. The van der Waals surface area contributed by atoms with Gasteiger partial charge in [-0.1, -0.05) is 143 Å². The van der Waals surface area contributed by atoms with E-state index in [1.807, 2.05) is 0 Å². The molecule has 0 radical (unpaired) electrons. The van der Waals surface area contributed by atoms with Gasteiger partial charge in [0.15, 0.2) is 0 Å². The standard InChI is InChI=1S/C46H72N2/c1-6-11-16-19-21-23-28-40-32-41(29-24-22-20-17-12-7-2)34-43(33-40)45-37-42(30-25-18-13-8-3)46(48(45)47)44-35-38(26-14-9-4)31-39(36-44)27-15-10-5/h31-37H,6-30H2,1-5H3. The van der Waals surface area contributed by atoms with Gasteiger partial charge in [-0.3, -0.25) is 0 Å². The Hall–Kier alpha value is -2.48. The van der Waals surface area contributed by atoms with Crippen LogP contribution in [0.2, 0.25) is 0 Å². The van der Waals surface area contributed by atoms with E-state index in [0.717, 1.165) is 43.5 Å². The van der Waals surface area contributed by atoms with Gasteiger partial charge in [-0.05, 0) is 111 Å². The molecule has 1 aliphatic rings. The lowest BCUT2D eigenvalue weighted by atomic mass is 9.95. The van der Waals surface area contributed by atoms with Gasteiger partial charge in [-0.2, -0.15) is 0 Å². The molecule has 0 atom stereocenters. The Morgan fingerprint density at radius 1 is 0.396 bits per heavy atom. The first-order valence-corrected chi connectivity index (χ1v) is 20.7. The molecule has 0 spiro atoms. The van der Waals surface area contributed by atoms with Crippen molar-refractivity contribution in [2.75, 3.05) is 0 Å². The van der Waals surface area contributed by atoms with E-state index in [-0.39, 0.29) is 0 Å². The first-order chi connectivity index (χ1) is 23.5. The van der Waals surface area contributed by atoms with Crippen LogP contribution in [0, 0.1) is 0 Å². The summed E-state index contributed by atoms with van der Waals surface area (Å²) in [5.41, 5.74) is 23.6. The molecule has 0 saturated carbocycles. The van der Waals surface area contributed by atoms with Gasteiger partial charge in [0.2, 0.25) is 11.4 Å². The Morgan fingerprint density at radius 2 is 0.750 bits per heavy atom. The fourth-order valence-corrected chi connectivity index (χ4v) is 7.36. The lowest BCUT2D eigenvalue weighted by molar-refractivity contribution is -0.344. The van der Waals surface area contributed by atoms with E-state index in [9.17, 15) is 5.53 Å². The molecule has 0 fully saturated rings. The number of unbranched alkanes of at least 4 members (excludes halogenated alkanes) is 15. The molecule has 1 heterocycles. The minimum atomic E-state index is 0.971. The van der Waals surface area contributed by atoms with Gasteiger partial charge in [-0.15, -0.1) is 0 Å². The van der Waals surface area contributed by atoms with Gasteiger partial charge in [0.1, 0.15) is 0 Å². The molecule has 2 aromatic rings. The third-order valence-electron chi connectivity index (χ3n) is 10.3. The van der Waals surface area contributed by atoms with Gasteiger partial charge < -0.3 is 5.53 Å². The highest BCUT2D eigenvalue weighted by molar-refractivity contribution is 5.79. The number of hydrogen-bond donors (Lipinski definition) is 0. The molecule has 0 saturated heterocycles. The van der Waals surface area contributed by atoms with Crippen molar-refractivity contribution >= 4 is 11.4 Å². The summed E-state index contributed by atoms with van der Waals surface area (Å²) in [6.07, 6.45) is 33.5. The summed E-state index contributed by atoms with van der Waals surface area (Å²) in [5.74, 6) is 0. The summed E-state index contributed by atoms with van der Waals surface area (Å²) in [6.45, 7) is 11.4. The van der Waals surface area contributed by atoms with Crippen molar-refractivity contribution in [3.63, 3.8) is 0 Å². The Bertz CT molecular complexity index is 1220. The third kappa shape index (κ3) is 13.8. The van der Waals surface area contributed by atoms with Crippen molar-refractivity contribution in [1.82, 2.24) is 0 Å². The second kappa shape index (κ2) is 23.8. The molecule has 0 aliphatic carbocycles. The summed E-state index contributed by atoms with van der Waals surface area (Å²) in [6, 6.07) is 14.5. The quantitative estimate of drug-likeness (QED) is 0.0678. The number of rotatable bonds is 27. The number of nitrogens with zero attached hydrogens (tertiary/aromatic N) is 2.